The van der Waals surface area contributed by atoms with E-state index in [2.05, 4.69) is 22.3 Å². The fraction of sp³-hybridized carbons (Fsp3) is 0.217. The first kappa shape index (κ1) is 19.1. The normalized spacial score (nSPS) is 15.4. The lowest BCUT2D eigenvalue weighted by atomic mass is 10.1. The molecule has 1 fully saturated rings. The van der Waals surface area contributed by atoms with Gasteiger partial charge in [0.2, 0.25) is 0 Å². The summed E-state index contributed by atoms with van der Waals surface area (Å²) in [5.74, 6) is 1.50. The highest BCUT2D eigenvalue weighted by Crippen LogP contribution is 2.26. The number of allylic oxidation sites excluding steroid dienone is 1. The molecule has 0 bridgehead atoms. The van der Waals surface area contributed by atoms with Crippen molar-refractivity contribution in [3.8, 4) is 11.5 Å². The fourth-order valence-corrected chi connectivity index (χ4v) is 3.43. The van der Waals surface area contributed by atoms with E-state index < -0.39 is 0 Å². The van der Waals surface area contributed by atoms with Crippen molar-refractivity contribution >= 4 is 22.8 Å². The van der Waals surface area contributed by atoms with Gasteiger partial charge in [0.1, 0.15) is 11.5 Å². The quantitative estimate of drug-likeness (QED) is 0.565. The molecule has 0 atom stereocenters. The van der Waals surface area contributed by atoms with Gasteiger partial charge in [-0.3, -0.25) is 9.88 Å². The molecule has 1 saturated heterocycles. The highest BCUT2D eigenvalue weighted by molar-refractivity contribution is 5.82. The lowest BCUT2D eigenvalue weighted by molar-refractivity contribution is 0.231. The van der Waals surface area contributed by atoms with Crippen molar-refractivity contribution < 1.29 is 4.74 Å². The smallest absolute Gasteiger partial charge is 0.128 e. The summed E-state index contributed by atoms with van der Waals surface area (Å²) in [6.45, 7) is 5.10. The van der Waals surface area contributed by atoms with Gasteiger partial charge in [-0.2, -0.15) is 0 Å². The SMILES string of the molecule is N=C/C=C(\N)c1ccc(Oc2ccc3nc(CN4CCNCC4)ccc3c2)cc1. The molecule has 0 amide bonds. The number of ether oxygens (including phenoxy) is 1. The van der Waals surface area contributed by atoms with Crippen molar-refractivity contribution in [3.05, 3.63) is 71.9 Å². The molecule has 0 spiro atoms. The van der Waals surface area contributed by atoms with Gasteiger partial charge in [-0.1, -0.05) is 6.07 Å². The summed E-state index contributed by atoms with van der Waals surface area (Å²) < 4.78 is 5.98. The second kappa shape index (κ2) is 8.86. The van der Waals surface area contributed by atoms with Gasteiger partial charge in [-0.05, 0) is 60.2 Å². The van der Waals surface area contributed by atoms with E-state index in [1.165, 1.54) is 6.21 Å². The Morgan fingerprint density at radius 3 is 2.59 bits per heavy atom. The number of hydrogen-bond donors (Lipinski definition) is 3. The summed E-state index contributed by atoms with van der Waals surface area (Å²) >= 11 is 0. The number of pyridine rings is 1. The van der Waals surface area contributed by atoms with E-state index in [0.717, 1.165) is 66.4 Å². The molecule has 0 saturated carbocycles. The van der Waals surface area contributed by atoms with E-state index in [-0.39, 0.29) is 0 Å². The van der Waals surface area contributed by atoms with Crippen molar-refractivity contribution in [2.75, 3.05) is 26.2 Å². The first-order chi connectivity index (χ1) is 14.2. The van der Waals surface area contributed by atoms with Crippen molar-refractivity contribution in [1.82, 2.24) is 15.2 Å². The van der Waals surface area contributed by atoms with Crippen LogP contribution in [0.15, 0.2) is 60.7 Å². The van der Waals surface area contributed by atoms with Gasteiger partial charge >= 0.3 is 0 Å². The Kier molecular flexibility index (Phi) is 5.84. The molecule has 3 aromatic rings. The van der Waals surface area contributed by atoms with Crippen LogP contribution in [-0.4, -0.2) is 42.3 Å². The van der Waals surface area contributed by atoms with Crippen LogP contribution in [0, 0.1) is 5.41 Å². The molecule has 4 N–H and O–H groups in total. The maximum Gasteiger partial charge on any atom is 0.128 e. The monoisotopic (exact) mass is 387 g/mol. The molecule has 0 aliphatic carbocycles. The third-order valence-electron chi connectivity index (χ3n) is 5.00. The van der Waals surface area contributed by atoms with E-state index >= 15 is 0 Å². The number of nitrogens with two attached hydrogens (primary N) is 1. The Bertz CT molecular complexity index is 1020. The number of benzene rings is 2. The molecule has 0 radical (unpaired) electrons. The summed E-state index contributed by atoms with van der Waals surface area (Å²) in [4.78, 5) is 7.24. The first-order valence-electron chi connectivity index (χ1n) is 9.78. The van der Waals surface area contributed by atoms with E-state index in [4.69, 9.17) is 20.9 Å². The van der Waals surface area contributed by atoms with E-state index in [0.29, 0.717) is 5.70 Å². The molecule has 0 unspecified atom stereocenters. The number of hydrogen-bond acceptors (Lipinski definition) is 6. The number of rotatable bonds is 6. The molecule has 2 aromatic carbocycles. The Morgan fingerprint density at radius 2 is 1.83 bits per heavy atom. The second-order valence-corrected chi connectivity index (χ2v) is 7.10. The van der Waals surface area contributed by atoms with Crippen molar-refractivity contribution in [2.24, 2.45) is 5.73 Å². The lowest BCUT2D eigenvalue weighted by Gasteiger charge is -2.26. The summed E-state index contributed by atoms with van der Waals surface area (Å²) in [7, 11) is 0. The standard InChI is InChI=1S/C23H25N5O/c24-10-9-22(25)17-2-5-20(6-3-17)29-21-7-8-23-18(15-21)1-4-19(27-23)16-28-13-11-26-12-14-28/h1-10,15,24,26H,11-14,16,25H2/b22-9-,24-10?. The highest BCUT2D eigenvalue weighted by atomic mass is 16.5. The maximum atomic E-state index is 7.10. The predicted molar refractivity (Wildman–Crippen MR) is 117 cm³/mol. The number of nitrogens with one attached hydrogen (secondary N) is 2. The third kappa shape index (κ3) is 4.80. The van der Waals surface area contributed by atoms with Crippen LogP contribution in [0.2, 0.25) is 0 Å². The third-order valence-corrected chi connectivity index (χ3v) is 5.00. The molecule has 1 aliphatic rings. The predicted octanol–water partition coefficient (Wildman–Crippen LogP) is 3.38. The lowest BCUT2D eigenvalue weighted by Crippen LogP contribution is -2.43. The first-order valence-corrected chi connectivity index (χ1v) is 9.78. The van der Waals surface area contributed by atoms with Crippen LogP contribution in [0.25, 0.3) is 16.6 Å². The number of aromatic nitrogens is 1. The van der Waals surface area contributed by atoms with Crippen molar-refractivity contribution in [1.29, 1.82) is 5.41 Å². The van der Waals surface area contributed by atoms with Crippen LogP contribution in [-0.2, 0) is 6.54 Å². The second-order valence-electron chi connectivity index (χ2n) is 7.10. The van der Waals surface area contributed by atoms with Crippen LogP contribution in [0.1, 0.15) is 11.3 Å². The average molecular weight is 387 g/mol. The van der Waals surface area contributed by atoms with Crippen LogP contribution < -0.4 is 15.8 Å². The van der Waals surface area contributed by atoms with E-state index in [9.17, 15) is 0 Å². The summed E-state index contributed by atoms with van der Waals surface area (Å²) in [5.41, 5.74) is 9.39. The van der Waals surface area contributed by atoms with Gasteiger partial charge in [0.05, 0.1) is 11.2 Å². The summed E-state index contributed by atoms with van der Waals surface area (Å²) in [6, 6.07) is 17.7. The number of nitrogens with zero attached hydrogens (tertiary/aromatic N) is 2. The zero-order valence-electron chi connectivity index (χ0n) is 16.3. The highest BCUT2D eigenvalue weighted by Gasteiger charge is 2.11. The topological polar surface area (TPSA) is 87.3 Å². The van der Waals surface area contributed by atoms with Crippen molar-refractivity contribution in [2.45, 2.75) is 6.54 Å². The zero-order valence-corrected chi connectivity index (χ0v) is 16.3. The number of piperazine rings is 1. The van der Waals surface area contributed by atoms with Crippen LogP contribution >= 0.6 is 0 Å². The summed E-state index contributed by atoms with van der Waals surface area (Å²) in [6.07, 6.45) is 2.74. The molecule has 148 valence electrons. The minimum absolute atomic E-state index is 0.556. The van der Waals surface area contributed by atoms with E-state index in [1.54, 1.807) is 6.08 Å². The van der Waals surface area contributed by atoms with Gasteiger partial charge in [-0.25, -0.2) is 0 Å². The van der Waals surface area contributed by atoms with Gasteiger partial charge in [0, 0.05) is 50.0 Å². The van der Waals surface area contributed by atoms with Gasteiger partial charge in [-0.15, -0.1) is 0 Å². The van der Waals surface area contributed by atoms with Crippen LogP contribution in [0.5, 0.6) is 11.5 Å². The Hall–Kier alpha value is -3.22. The van der Waals surface area contributed by atoms with Gasteiger partial charge in [0.15, 0.2) is 0 Å². The molecule has 1 aromatic heterocycles. The molecular formula is C23H25N5O. The fourth-order valence-electron chi connectivity index (χ4n) is 3.43. The molecule has 6 nitrogen and oxygen atoms in total. The average Bonchev–Trinajstić information content (AvgIpc) is 2.75. The Labute approximate surface area is 170 Å². The Morgan fingerprint density at radius 1 is 1.07 bits per heavy atom. The minimum Gasteiger partial charge on any atom is -0.457 e. The molecule has 6 heteroatoms. The molecular weight excluding hydrogens is 362 g/mol. The van der Waals surface area contributed by atoms with E-state index in [1.807, 2.05) is 42.5 Å². The van der Waals surface area contributed by atoms with Crippen LogP contribution in [0.4, 0.5) is 0 Å². The van der Waals surface area contributed by atoms with Gasteiger partial charge < -0.3 is 21.2 Å². The van der Waals surface area contributed by atoms with Gasteiger partial charge in [0.25, 0.3) is 0 Å². The minimum atomic E-state index is 0.556. The van der Waals surface area contributed by atoms with Crippen LogP contribution in [0.3, 0.4) is 0 Å². The summed E-state index contributed by atoms with van der Waals surface area (Å²) in [5, 5.41) is 11.5. The van der Waals surface area contributed by atoms with Crippen molar-refractivity contribution in [3.63, 3.8) is 0 Å². The Balaban J connectivity index is 1.46. The maximum absolute atomic E-state index is 7.10. The molecule has 29 heavy (non-hydrogen) atoms. The molecule has 2 heterocycles. The zero-order chi connectivity index (χ0) is 20.1. The molecule has 4 rings (SSSR count). The molecule has 1 aliphatic heterocycles. The number of fused-ring (bicyclic) bond motifs is 1. The largest absolute Gasteiger partial charge is 0.457 e.